The summed E-state index contributed by atoms with van der Waals surface area (Å²) in [6, 6.07) is 5.57. The summed E-state index contributed by atoms with van der Waals surface area (Å²) in [7, 11) is 0. The number of hydrogen-bond acceptors (Lipinski definition) is 3. The Kier molecular flexibility index (Phi) is 2.89. The van der Waals surface area contributed by atoms with Crippen molar-refractivity contribution in [1.29, 1.82) is 0 Å². The van der Waals surface area contributed by atoms with Crippen molar-refractivity contribution in [3.8, 4) is 0 Å². The topological polar surface area (TPSA) is 58.6 Å². The molecule has 5 heteroatoms. The molecular formula is C11H12FNO3. The van der Waals surface area contributed by atoms with Gasteiger partial charge in [0.15, 0.2) is 5.54 Å². The number of aliphatic carboxylic acids is 1. The fraction of sp³-hybridized carbons (Fsp3) is 0.364. The van der Waals surface area contributed by atoms with Gasteiger partial charge >= 0.3 is 5.97 Å². The normalized spacial score (nSPS) is 25.3. The van der Waals surface area contributed by atoms with Gasteiger partial charge in [-0.2, -0.15) is 0 Å². The zero-order valence-corrected chi connectivity index (χ0v) is 8.57. The summed E-state index contributed by atoms with van der Waals surface area (Å²) in [4.78, 5) is 11.3. The van der Waals surface area contributed by atoms with Crippen LogP contribution in [0.3, 0.4) is 0 Å². The van der Waals surface area contributed by atoms with Crippen LogP contribution in [0.2, 0.25) is 0 Å². The minimum atomic E-state index is -1.33. The first-order chi connectivity index (χ1) is 7.65. The van der Waals surface area contributed by atoms with Crippen LogP contribution in [0.15, 0.2) is 24.3 Å². The molecule has 1 atom stereocenters. The van der Waals surface area contributed by atoms with Gasteiger partial charge in [-0.15, -0.1) is 0 Å². The minimum absolute atomic E-state index is 0.00574. The first-order valence-corrected chi connectivity index (χ1v) is 4.97. The number of ether oxygens (including phenoxy) is 1. The molecule has 0 spiro atoms. The van der Waals surface area contributed by atoms with E-state index in [0.717, 1.165) is 0 Å². The van der Waals surface area contributed by atoms with E-state index in [4.69, 9.17) is 4.74 Å². The van der Waals surface area contributed by atoms with E-state index >= 15 is 0 Å². The molecule has 0 aromatic heterocycles. The highest BCUT2D eigenvalue weighted by Gasteiger charge is 2.42. The largest absolute Gasteiger partial charge is 0.480 e. The fourth-order valence-corrected chi connectivity index (χ4v) is 1.81. The van der Waals surface area contributed by atoms with Gasteiger partial charge in [0.05, 0.1) is 13.2 Å². The third kappa shape index (κ3) is 1.79. The Hall–Kier alpha value is -1.46. The molecule has 1 saturated heterocycles. The molecule has 1 fully saturated rings. The maximum atomic E-state index is 13.1. The summed E-state index contributed by atoms with van der Waals surface area (Å²) in [5.74, 6) is -1.51. The second-order valence-corrected chi connectivity index (χ2v) is 3.70. The summed E-state index contributed by atoms with van der Waals surface area (Å²) in [5.41, 5.74) is -0.958. The van der Waals surface area contributed by atoms with Crippen molar-refractivity contribution in [2.45, 2.75) is 5.54 Å². The van der Waals surface area contributed by atoms with E-state index in [1.807, 2.05) is 0 Å². The van der Waals surface area contributed by atoms with Crippen molar-refractivity contribution in [1.82, 2.24) is 5.32 Å². The number of carboxylic acid groups (broad SMARTS) is 1. The lowest BCUT2D eigenvalue weighted by Gasteiger charge is -2.34. The van der Waals surface area contributed by atoms with Crippen molar-refractivity contribution < 1.29 is 19.0 Å². The lowest BCUT2D eigenvalue weighted by molar-refractivity contribution is -0.151. The Morgan fingerprint density at radius 2 is 2.38 bits per heavy atom. The highest BCUT2D eigenvalue weighted by atomic mass is 19.1. The summed E-state index contributed by atoms with van der Waals surface area (Å²) >= 11 is 0. The number of hydrogen-bond donors (Lipinski definition) is 2. The standard InChI is InChI=1S/C11H12FNO3/c12-9-3-1-2-8(6-9)11(10(14)15)7-16-5-4-13-11/h1-3,6,13H,4-5,7H2,(H,14,15). The molecule has 0 amide bonds. The van der Waals surface area contributed by atoms with Crippen LogP contribution in [-0.2, 0) is 15.1 Å². The van der Waals surface area contributed by atoms with Crippen LogP contribution in [0, 0.1) is 5.82 Å². The molecule has 4 nitrogen and oxygen atoms in total. The number of morpholine rings is 1. The first kappa shape index (κ1) is 11.0. The predicted octanol–water partition coefficient (Wildman–Crippen LogP) is 0.725. The zero-order chi connectivity index (χ0) is 11.6. The number of nitrogens with one attached hydrogen (secondary N) is 1. The summed E-state index contributed by atoms with van der Waals surface area (Å²) in [6.45, 7) is 0.902. The number of rotatable bonds is 2. The van der Waals surface area contributed by atoms with Crippen LogP contribution < -0.4 is 5.32 Å². The average molecular weight is 225 g/mol. The molecule has 16 heavy (non-hydrogen) atoms. The molecule has 86 valence electrons. The van der Waals surface area contributed by atoms with E-state index in [1.165, 1.54) is 18.2 Å². The van der Waals surface area contributed by atoms with Gasteiger partial charge in [-0.1, -0.05) is 12.1 Å². The van der Waals surface area contributed by atoms with Gasteiger partial charge in [0.2, 0.25) is 0 Å². The first-order valence-electron chi connectivity index (χ1n) is 4.97. The van der Waals surface area contributed by atoms with Gasteiger partial charge < -0.3 is 9.84 Å². The Labute approximate surface area is 92.0 Å². The Balaban J connectivity index is 2.42. The molecule has 1 aromatic rings. The number of carboxylic acids is 1. The third-order valence-corrected chi connectivity index (χ3v) is 2.67. The molecule has 0 saturated carbocycles. The number of benzene rings is 1. The van der Waals surface area contributed by atoms with Gasteiger partial charge in [0.25, 0.3) is 0 Å². The molecule has 0 bridgehead atoms. The molecule has 1 aliphatic heterocycles. The molecule has 0 aliphatic carbocycles. The molecular weight excluding hydrogens is 213 g/mol. The monoisotopic (exact) mass is 225 g/mol. The lowest BCUT2D eigenvalue weighted by Crippen LogP contribution is -2.57. The predicted molar refractivity (Wildman–Crippen MR) is 54.5 cm³/mol. The van der Waals surface area contributed by atoms with Crippen LogP contribution in [0.4, 0.5) is 4.39 Å². The smallest absolute Gasteiger partial charge is 0.331 e. The van der Waals surface area contributed by atoms with Gasteiger partial charge in [-0.25, -0.2) is 9.18 Å². The molecule has 1 aliphatic rings. The molecule has 1 aromatic carbocycles. The Morgan fingerprint density at radius 1 is 1.56 bits per heavy atom. The van der Waals surface area contributed by atoms with E-state index in [9.17, 15) is 14.3 Å². The van der Waals surface area contributed by atoms with E-state index in [1.54, 1.807) is 6.07 Å². The van der Waals surface area contributed by atoms with Gasteiger partial charge in [0, 0.05) is 6.54 Å². The summed E-state index contributed by atoms with van der Waals surface area (Å²) in [6.07, 6.45) is 0. The molecule has 0 radical (unpaired) electrons. The molecule has 1 heterocycles. The second-order valence-electron chi connectivity index (χ2n) is 3.70. The minimum Gasteiger partial charge on any atom is -0.480 e. The van der Waals surface area contributed by atoms with E-state index in [-0.39, 0.29) is 6.61 Å². The molecule has 1 unspecified atom stereocenters. The Bertz CT molecular complexity index is 402. The Morgan fingerprint density at radius 3 is 2.94 bits per heavy atom. The molecule has 2 rings (SSSR count). The maximum Gasteiger partial charge on any atom is 0.331 e. The van der Waals surface area contributed by atoms with Crippen molar-refractivity contribution in [3.63, 3.8) is 0 Å². The lowest BCUT2D eigenvalue weighted by atomic mass is 9.90. The van der Waals surface area contributed by atoms with Crippen molar-refractivity contribution in [2.75, 3.05) is 19.8 Å². The number of halogens is 1. The van der Waals surface area contributed by atoms with Crippen LogP contribution in [0.5, 0.6) is 0 Å². The summed E-state index contributed by atoms with van der Waals surface area (Å²) in [5, 5.41) is 12.2. The highest BCUT2D eigenvalue weighted by Crippen LogP contribution is 2.24. The van der Waals surface area contributed by atoms with Gasteiger partial charge in [-0.05, 0) is 17.7 Å². The quantitative estimate of drug-likeness (QED) is 0.778. The highest BCUT2D eigenvalue weighted by molar-refractivity contribution is 5.81. The van der Waals surface area contributed by atoms with Crippen LogP contribution in [0.25, 0.3) is 0 Å². The van der Waals surface area contributed by atoms with Crippen molar-refractivity contribution in [2.24, 2.45) is 0 Å². The van der Waals surface area contributed by atoms with E-state index in [0.29, 0.717) is 18.7 Å². The van der Waals surface area contributed by atoms with Gasteiger partial charge in [0.1, 0.15) is 5.82 Å². The SMILES string of the molecule is O=C(O)C1(c2cccc(F)c2)COCCN1. The third-order valence-electron chi connectivity index (χ3n) is 2.67. The average Bonchev–Trinajstić information content (AvgIpc) is 2.30. The second kappa shape index (κ2) is 4.19. The van der Waals surface area contributed by atoms with Crippen molar-refractivity contribution in [3.05, 3.63) is 35.6 Å². The van der Waals surface area contributed by atoms with Crippen LogP contribution in [-0.4, -0.2) is 30.8 Å². The maximum absolute atomic E-state index is 13.1. The van der Waals surface area contributed by atoms with Crippen molar-refractivity contribution >= 4 is 5.97 Å². The van der Waals surface area contributed by atoms with Gasteiger partial charge in [-0.3, -0.25) is 5.32 Å². The number of carbonyl (C=O) groups is 1. The van der Waals surface area contributed by atoms with E-state index in [2.05, 4.69) is 5.32 Å². The zero-order valence-electron chi connectivity index (χ0n) is 8.57. The summed E-state index contributed by atoms with van der Waals surface area (Å²) < 4.78 is 18.3. The van der Waals surface area contributed by atoms with E-state index < -0.39 is 17.3 Å². The van der Waals surface area contributed by atoms with Crippen LogP contribution >= 0.6 is 0 Å². The van der Waals surface area contributed by atoms with Crippen LogP contribution in [0.1, 0.15) is 5.56 Å². The fourth-order valence-electron chi connectivity index (χ4n) is 1.81. The molecule has 2 N–H and O–H groups in total.